The van der Waals surface area contributed by atoms with Crippen LogP contribution in [0.1, 0.15) is 59.3 Å². The van der Waals surface area contributed by atoms with E-state index < -0.39 is 0 Å². The predicted octanol–water partition coefficient (Wildman–Crippen LogP) is 2.95. The molecular weight excluding hydrogens is 198 g/mol. The van der Waals surface area contributed by atoms with E-state index in [2.05, 4.69) is 26.1 Å². The van der Waals surface area contributed by atoms with Gasteiger partial charge in [-0.15, -0.1) is 0 Å². The number of aliphatic hydroxyl groups is 1. The maximum atomic E-state index is 8.95. The summed E-state index contributed by atoms with van der Waals surface area (Å²) in [6.45, 7) is 8.33. The van der Waals surface area contributed by atoms with Crippen LogP contribution in [-0.4, -0.2) is 24.3 Å². The van der Waals surface area contributed by atoms with E-state index in [0.717, 1.165) is 13.0 Å². The Morgan fingerprint density at radius 3 is 2.75 bits per heavy atom. The summed E-state index contributed by atoms with van der Waals surface area (Å²) in [6.07, 6.45) is 7.80. The van der Waals surface area contributed by atoms with Gasteiger partial charge in [0.15, 0.2) is 0 Å². The Balaban J connectivity index is 2.16. The molecule has 0 heterocycles. The van der Waals surface area contributed by atoms with Gasteiger partial charge in [-0.05, 0) is 43.6 Å². The highest BCUT2D eigenvalue weighted by Crippen LogP contribution is 2.35. The maximum absolute atomic E-state index is 8.95. The molecule has 2 unspecified atom stereocenters. The van der Waals surface area contributed by atoms with Crippen LogP contribution in [0.5, 0.6) is 0 Å². The van der Waals surface area contributed by atoms with Crippen molar-refractivity contribution < 1.29 is 5.11 Å². The quantitative estimate of drug-likeness (QED) is 0.684. The van der Waals surface area contributed by atoms with Crippen LogP contribution in [0.3, 0.4) is 0 Å². The lowest BCUT2D eigenvalue weighted by Gasteiger charge is -2.39. The van der Waals surface area contributed by atoms with Crippen LogP contribution in [0.2, 0.25) is 0 Å². The van der Waals surface area contributed by atoms with Crippen LogP contribution in [0.25, 0.3) is 0 Å². The van der Waals surface area contributed by atoms with E-state index in [0.29, 0.717) is 24.0 Å². The van der Waals surface area contributed by atoms with Crippen LogP contribution < -0.4 is 5.32 Å². The molecule has 0 radical (unpaired) electrons. The third-order valence-corrected chi connectivity index (χ3v) is 4.08. The first-order valence-electron chi connectivity index (χ1n) is 6.90. The van der Waals surface area contributed by atoms with Gasteiger partial charge in [0.05, 0.1) is 0 Å². The molecule has 0 saturated heterocycles. The highest BCUT2D eigenvalue weighted by Gasteiger charge is 2.31. The lowest BCUT2D eigenvalue weighted by atomic mass is 9.73. The van der Waals surface area contributed by atoms with Crippen LogP contribution in [0, 0.1) is 11.3 Å². The smallest absolute Gasteiger partial charge is 0.0456 e. The van der Waals surface area contributed by atoms with Crippen molar-refractivity contribution in [1.29, 1.82) is 0 Å². The molecular formula is C14H29NO. The molecule has 1 fully saturated rings. The molecule has 2 N–H and O–H groups in total. The zero-order chi connectivity index (χ0) is 12.0. The van der Waals surface area contributed by atoms with Crippen molar-refractivity contribution in [1.82, 2.24) is 5.32 Å². The molecule has 0 aliphatic heterocycles. The van der Waals surface area contributed by atoms with Gasteiger partial charge in [0.1, 0.15) is 0 Å². The first-order chi connectivity index (χ1) is 7.56. The van der Waals surface area contributed by atoms with Gasteiger partial charge < -0.3 is 10.4 Å². The normalized spacial score (nSPS) is 26.6. The average Bonchev–Trinajstić information content (AvgIpc) is 2.25. The second-order valence-electron chi connectivity index (χ2n) is 6.17. The number of rotatable bonds is 6. The summed E-state index contributed by atoms with van der Waals surface area (Å²) in [7, 11) is 0. The van der Waals surface area contributed by atoms with Crippen LogP contribution >= 0.6 is 0 Å². The van der Waals surface area contributed by atoms with E-state index in [1.54, 1.807) is 0 Å². The van der Waals surface area contributed by atoms with Crippen LogP contribution in [0.15, 0.2) is 0 Å². The van der Waals surface area contributed by atoms with Gasteiger partial charge in [-0.1, -0.05) is 33.6 Å². The van der Waals surface area contributed by atoms with Gasteiger partial charge in [0, 0.05) is 12.6 Å². The predicted molar refractivity (Wildman–Crippen MR) is 69.5 cm³/mol. The van der Waals surface area contributed by atoms with Crippen molar-refractivity contribution in [3.8, 4) is 0 Å². The second-order valence-corrected chi connectivity index (χ2v) is 6.17. The number of hydrogen-bond donors (Lipinski definition) is 2. The Labute approximate surface area is 101 Å². The van der Waals surface area contributed by atoms with E-state index in [4.69, 9.17) is 5.11 Å². The Morgan fingerprint density at radius 2 is 2.12 bits per heavy atom. The van der Waals surface area contributed by atoms with Crippen molar-refractivity contribution in [3.63, 3.8) is 0 Å². The van der Waals surface area contributed by atoms with Crippen molar-refractivity contribution >= 4 is 0 Å². The fourth-order valence-corrected chi connectivity index (χ4v) is 2.69. The first-order valence-corrected chi connectivity index (χ1v) is 6.90. The molecule has 2 atom stereocenters. The van der Waals surface area contributed by atoms with E-state index in [-0.39, 0.29) is 0 Å². The van der Waals surface area contributed by atoms with Gasteiger partial charge in [0.25, 0.3) is 0 Å². The highest BCUT2D eigenvalue weighted by atomic mass is 16.3. The van der Waals surface area contributed by atoms with Gasteiger partial charge in [-0.25, -0.2) is 0 Å². The standard InChI is InChI=1S/C14H29NO/c1-12(11-16)7-6-10-15-13-8-4-5-9-14(13,2)3/h12-13,15-16H,4-11H2,1-3H3. The number of hydrogen-bond acceptors (Lipinski definition) is 2. The molecule has 96 valence electrons. The molecule has 1 aliphatic carbocycles. The molecule has 1 saturated carbocycles. The molecule has 2 heteroatoms. The molecule has 1 aliphatic rings. The summed E-state index contributed by atoms with van der Waals surface area (Å²) in [5.41, 5.74) is 0.473. The van der Waals surface area contributed by atoms with Crippen LogP contribution in [-0.2, 0) is 0 Å². The Hall–Kier alpha value is -0.0800. The van der Waals surface area contributed by atoms with Crippen molar-refractivity contribution in [2.45, 2.75) is 65.3 Å². The highest BCUT2D eigenvalue weighted by molar-refractivity contribution is 4.87. The molecule has 2 nitrogen and oxygen atoms in total. The fourth-order valence-electron chi connectivity index (χ4n) is 2.69. The molecule has 0 spiro atoms. The lowest BCUT2D eigenvalue weighted by Crippen LogP contribution is -2.44. The summed E-state index contributed by atoms with van der Waals surface area (Å²) < 4.78 is 0. The minimum atomic E-state index is 0.328. The maximum Gasteiger partial charge on any atom is 0.0456 e. The Morgan fingerprint density at radius 1 is 1.38 bits per heavy atom. The molecule has 0 amide bonds. The van der Waals surface area contributed by atoms with Crippen LogP contribution in [0.4, 0.5) is 0 Å². The zero-order valence-corrected chi connectivity index (χ0v) is 11.3. The first kappa shape index (κ1) is 14.0. The van der Waals surface area contributed by atoms with E-state index >= 15 is 0 Å². The average molecular weight is 227 g/mol. The molecule has 0 aromatic rings. The molecule has 0 aromatic carbocycles. The van der Waals surface area contributed by atoms with E-state index in [1.165, 1.54) is 32.1 Å². The van der Waals surface area contributed by atoms with Crippen molar-refractivity contribution in [2.24, 2.45) is 11.3 Å². The van der Waals surface area contributed by atoms with Gasteiger partial charge in [0.2, 0.25) is 0 Å². The summed E-state index contributed by atoms with van der Waals surface area (Å²) in [5.74, 6) is 0.459. The largest absolute Gasteiger partial charge is 0.396 e. The monoisotopic (exact) mass is 227 g/mol. The molecule has 1 rings (SSSR count). The summed E-state index contributed by atoms with van der Waals surface area (Å²) in [5, 5.41) is 12.7. The molecule has 0 bridgehead atoms. The topological polar surface area (TPSA) is 32.3 Å². The fraction of sp³-hybridized carbons (Fsp3) is 1.00. The third kappa shape index (κ3) is 4.42. The Kier molecular flexibility index (Phi) is 5.77. The summed E-state index contributed by atoms with van der Waals surface area (Å²) >= 11 is 0. The van der Waals surface area contributed by atoms with Crippen molar-refractivity contribution in [2.75, 3.05) is 13.2 Å². The van der Waals surface area contributed by atoms with Crippen molar-refractivity contribution in [3.05, 3.63) is 0 Å². The molecule has 16 heavy (non-hydrogen) atoms. The minimum Gasteiger partial charge on any atom is -0.396 e. The third-order valence-electron chi connectivity index (χ3n) is 4.08. The summed E-state index contributed by atoms with van der Waals surface area (Å²) in [4.78, 5) is 0. The van der Waals surface area contributed by atoms with Gasteiger partial charge in [-0.3, -0.25) is 0 Å². The Bertz CT molecular complexity index is 191. The minimum absolute atomic E-state index is 0.328. The van der Waals surface area contributed by atoms with E-state index in [1.807, 2.05) is 0 Å². The number of nitrogens with one attached hydrogen (secondary N) is 1. The molecule has 0 aromatic heterocycles. The SMILES string of the molecule is CC(CO)CCCNC1CCCCC1(C)C. The van der Waals surface area contributed by atoms with Gasteiger partial charge >= 0.3 is 0 Å². The zero-order valence-electron chi connectivity index (χ0n) is 11.3. The summed E-state index contributed by atoms with van der Waals surface area (Å²) in [6, 6.07) is 0.700. The van der Waals surface area contributed by atoms with E-state index in [9.17, 15) is 0 Å². The van der Waals surface area contributed by atoms with Gasteiger partial charge in [-0.2, -0.15) is 0 Å². The lowest BCUT2D eigenvalue weighted by molar-refractivity contribution is 0.166. The number of aliphatic hydroxyl groups excluding tert-OH is 1. The second kappa shape index (κ2) is 6.61.